The van der Waals surface area contributed by atoms with Gasteiger partial charge in [0, 0.05) is 17.3 Å². The Bertz CT molecular complexity index is 983. The van der Waals surface area contributed by atoms with Crippen LogP contribution in [0.15, 0.2) is 65.5 Å². The second-order valence-corrected chi connectivity index (χ2v) is 7.24. The molecular weight excluding hydrogens is 370 g/mol. The summed E-state index contributed by atoms with van der Waals surface area (Å²) in [6.45, 7) is 3.75. The Hall–Kier alpha value is -3.61. The number of aromatic nitrogens is 1. The van der Waals surface area contributed by atoms with Crippen molar-refractivity contribution in [3.63, 3.8) is 0 Å². The number of carbonyl (C=O) groups is 2. The zero-order valence-corrected chi connectivity index (χ0v) is 16.6. The van der Waals surface area contributed by atoms with E-state index in [0.717, 1.165) is 5.56 Å². The van der Waals surface area contributed by atoms with E-state index >= 15 is 0 Å². The summed E-state index contributed by atoms with van der Waals surface area (Å²) in [7, 11) is 1.51. The molecule has 3 aromatic rings. The smallest absolute Gasteiger partial charge is 0.313 e. The first-order valence-corrected chi connectivity index (χ1v) is 9.12. The first-order valence-electron chi connectivity index (χ1n) is 9.12. The standard InChI is InChI=1S/C22H23N3O4/c1-22(2,12-15-7-5-4-6-8-15)25-21(27)20(26)24-16-9-10-17(18(11-16)28-3)19-13-23-14-29-19/h4-11,13-14H,12H2,1-3H3,(H,24,26)(H,25,27). The maximum Gasteiger partial charge on any atom is 0.313 e. The summed E-state index contributed by atoms with van der Waals surface area (Å²) in [4.78, 5) is 28.6. The molecule has 0 saturated heterocycles. The summed E-state index contributed by atoms with van der Waals surface area (Å²) in [6.07, 6.45) is 3.50. The van der Waals surface area contributed by atoms with Gasteiger partial charge in [0.05, 0.1) is 18.9 Å². The summed E-state index contributed by atoms with van der Waals surface area (Å²) >= 11 is 0. The van der Waals surface area contributed by atoms with Crippen molar-refractivity contribution in [1.82, 2.24) is 10.3 Å². The zero-order valence-electron chi connectivity index (χ0n) is 16.6. The lowest BCUT2D eigenvalue weighted by atomic mass is 9.95. The maximum absolute atomic E-state index is 12.4. The van der Waals surface area contributed by atoms with Crippen molar-refractivity contribution >= 4 is 17.5 Å². The molecule has 0 unspecified atom stereocenters. The quantitative estimate of drug-likeness (QED) is 0.626. The third kappa shape index (κ3) is 5.22. The fourth-order valence-corrected chi connectivity index (χ4v) is 3.02. The van der Waals surface area contributed by atoms with Gasteiger partial charge in [-0.15, -0.1) is 0 Å². The maximum atomic E-state index is 12.4. The van der Waals surface area contributed by atoms with Crippen LogP contribution in [0.2, 0.25) is 0 Å². The first kappa shape index (κ1) is 20.1. The molecule has 0 atom stereocenters. The minimum absolute atomic E-state index is 0.436. The number of ether oxygens (including phenoxy) is 1. The number of carbonyl (C=O) groups excluding carboxylic acids is 2. The molecule has 1 aromatic heterocycles. The van der Waals surface area contributed by atoms with Gasteiger partial charge < -0.3 is 19.8 Å². The van der Waals surface area contributed by atoms with Crippen LogP contribution < -0.4 is 15.4 Å². The Labute approximate surface area is 169 Å². The predicted octanol–water partition coefficient (Wildman–Crippen LogP) is 3.43. The van der Waals surface area contributed by atoms with E-state index in [4.69, 9.17) is 9.15 Å². The molecule has 7 nitrogen and oxygen atoms in total. The van der Waals surface area contributed by atoms with Crippen LogP contribution in [0.25, 0.3) is 11.3 Å². The number of hydrogen-bond donors (Lipinski definition) is 2. The number of nitrogens with one attached hydrogen (secondary N) is 2. The number of nitrogens with zero attached hydrogens (tertiary/aromatic N) is 1. The van der Waals surface area contributed by atoms with E-state index in [1.165, 1.54) is 13.5 Å². The minimum Gasteiger partial charge on any atom is -0.496 e. The number of benzene rings is 2. The van der Waals surface area contributed by atoms with E-state index in [1.54, 1.807) is 24.4 Å². The highest BCUT2D eigenvalue weighted by Gasteiger charge is 2.25. The van der Waals surface area contributed by atoms with Crippen molar-refractivity contribution in [3.8, 4) is 17.1 Å². The van der Waals surface area contributed by atoms with Crippen LogP contribution >= 0.6 is 0 Å². The second-order valence-electron chi connectivity index (χ2n) is 7.24. The van der Waals surface area contributed by atoms with Gasteiger partial charge in [0.2, 0.25) is 0 Å². The molecule has 0 aliphatic rings. The van der Waals surface area contributed by atoms with Gasteiger partial charge in [-0.3, -0.25) is 9.59 Å². The number of methoxy groups -OCH3 is 1. The second kappa shape index (κ2) is 8.60. The molecular formula is C22H23N3O4. The van der Waals surface area contributed by atoms with Crippen LogP contribution in [0.3, 0.4) is 0 Å². The molecule has 0 fully saturated rings. The van der Waals surface area contributed by atoms with Crippen molar-refractivity contribution < 1.29 is 18.7 Å². The van der Waals surface area contributed by atoms with Crippen molar-refractivity contribution in [2.45, 2.75) is 25.8 Å². The van der Waals surface area contributed by atoms with Crippen LogP contribution in [0, 0.1) is 0 Å². The normalized spacial score (nSPS) is 11.0. The summed E-state index contributed by atoms with van der Waals surface area (Å²) in [5.74, 6) is -0.422. The fourth-order valence-electron chi connectivity index (χ4n) is 3.02. The van der Waals surface area contributed by atoms with Gasteiger partial charge in [0.15, 0.2) is 12.2 Å². The van der Waals surface area contributed by atoms with Crippen molar-refractivity contribution in [2.24, 2.45) is 0 Å². The number of rotatable bonds is 6. The number of amides is 2. The van der Waals surface area contributed by atoms with Gasteiger partial charge in [0.1, 0.15) is 5.75 Å². The average Bonchev–Trinajstić information content (AvgIpc) is 3.22. The predicted molar refractivity (Wildman–Crippen MR) is 109 cm³/mol. The van der Waals surface area contributed by atoms with E-state index in [9.17, 15) is 9.59 Å². The van der Waals surface area contributed by atoms with E-state index < -0.39 is 17.4 Å². The molecule has 0 aliphatic carbocycles. The lowest BCUT2D eigenvalue weighted by molar-refractivity contribution is -0.137. The van der Waals surface area contributed by atoms with Gasteiger partial charge in [-0.1, -0.05) is 30.3 Å². The molecule has 0 saturated carbocycles. The van der Waals surface area contributed by atoms with Gasteiger partial charge in [0.25, 0.3) is 0 Å². The Morgan fingerprint density at radius 2 is 1.86 bits per heavy atom. The molecule has 150 valence electrons. The van der Waals surface area contributed by atoms with Gasteiger partial charge >= 0.3 is 11.8 Å². The third-order valence-electron chi connectivity index (χ3n) is 4.30. The summed E-state index contributed by atoms with van der Waals surface area (Å²) in [5, 5.41) is 5.38. The van der Waals surface area contributed by atoms with Crippen molar-refractivity contribution in [1.29, 1.82) is 0 Å². The Morgan fingerprint density at radius 3 is 2.52 bits per heavy atom. The summed E-state index contributed by atoms with van der Waals surface area (Å²) in [6, 6.07) is 14.8. The number of anilines is 1. The van der Waals surface area contributed by atoms with Gasteiger partial charge in [-0.2, -0.15) is 0 Å². The molecule has 2 amide bonds. The van der Waals surface area contributed by atoms with Gasteiger partial charge in [-0.05, 0) is 38.0 Å². The van der Waals surface area contributed by atoms with Crippen molar-refractivity contribution in [2.75, 3.05) is 12.4 Å². The van der Waals surface area contributed by atoms with Crippen LogP contribution in [-0.4, -0.2) is 29.4 Å². The number of hydrogen-bond acceptors (Lipinski definition) is 5. The average molecular weight is 393 g/mol. The third-order valence-corrected chi connectivity index (χ3v) is 4.30. The van der Waals surface area contributed by atoms with Crippen LogP contribution in [-0.2, 0) is 16.0 Å². The minimum atomic E-state index is -0.749. The molecule has 0 spiro atoms. The Balaban J connectivity index is 1.65. The van der Waals surface area contributed by atoms with E-state index in [-0.39, 0.29) is 0 Å². The molecule has 7 heteroatoms. The molecule has 2 aromatic carbocycles. The van der Waals surface area contributed by atoms with Crippen molar-refractivity contribution in [3.05, 3.63) is 66.7 Å². The van der Waals surface area contributed by atoms with Crippen LogP contribution in [0.5, 0.6) is 5.75 Å². The summed E-state index contributed by atoms with van der Waals surface area (Å²) in [5.41, 5.74) is 1.62. The monoisotopic (exact) mass is 393 g/mol. The summed E-state index contributed by atoms with van der Waals surface area (Å²) < 4.78 is 10.6. The van der Waals surface area contributed by atoms with E-state index in [1.807, 2.05) is 44.2 Å². The molecule has 2 N–H and O–H groups in total. The SMILES string of the molecule is COc1cc(NC(=O)C(=O)NC(C)(C)Cc2ccccc2)ccc1-c1cnco1. The fraction of sp³-hybridized carbons (Fsp3) is 0.227. The van der Waals surface area contributed by atoms with E-state index in [0.29, 0.717) is 29.2 Å². The van der Waals surface area contributed by atoms with Gasteiger partial charge in [-0.25, -0.2) is 4.98 Å². The Kier molecular flexibility index (Phi) is 5.97. The number of oxazole rings is 1. The molecule has 0 aliphatic heterocycles. The first-order chi connectivity index (χ1) is 13.9. The highest BCUT2D eigenvalue weighted by molar-refractivity contribution is 6.39. The zero-order chi connectivity index (χ0) is 20.9. The molecule has 3 rings (SSSR count). The van der Waals surface area contributed by atoms with E-state index in [2.05, 4.69) is 15.6 Å². The molecule has 0 bridgehead atoms. The lowest BCUT2D eigenvalue weighted by Gasteiger charge is -2.26. The lowest BCUT2D eigenvalue weighted by Crippen LogP contribution is -2.49. The van der Waals surface area contributed by atoms with Crippen LogP contribution in [0.1, 0.15) is 19.4 Å². The molecule has 0 radical (unpaired) electrons. The molecule has 29 heavy (non-hydrogen) atoms. The largest absolute Gasteiger partial charge is 0.496 e. The highest BCUT2D eigenvalue weighted by Crippen LogP contribution is 2.32. The topological polar surface area (TPSA) is 93.5 Å². The highest BCUT2D eigenvalue weighted by atomic mass is 16.5. The Morgan fingerprint density at radius 1 is 1.10 bits per heavy atom. The molecule has 1 heterocycles. The van der Waals surface area contributed by atoms with Crippen LogP contribution in [0.4, 0.5) is 5.69 Å².